The Morgan fingerprint density at radius 1 is 1.07 bits per heavy atom. The molecule has 1 aliphatic carbocycles. The van der Waals surface area contributed by atoms with Crippen LogP contribution in [0.2, 0.25) is 10.0 Å². The van der Waals surface area contributed by atoms with Crippen LogP contribution in [0.25, 0.3) is 11.1 Å². The lowest BCUT2D eigenvalue weighted by Gasteiger charge is -2.31. The van der Waals surface area contributed by atoms with Crippen LogP contribution in [-0.2, 0) is 11.2 Å². The van der Waals surface area contributed by atoms with Gasteiger partial charge in [0.25, 0.3) is 0 Å². The summed E-state index contributed by atoms with van der Waals surface area (Å²) in [5.41, 5.74) is 2.75. The van der Waals surface area contributed by atoms with Crippen molar-refractivity contribution in [3.63, 3.8) is 0 Å². The number of nitrogens with zero attached hydrogens (tertiary/aromatic N) is 2. The van der Waals surface area contributed by atoms with Crippen LogP contribution in [0.5, 0.6) is 0 Å². The van der Waals surface area contributed by atoms with Crippen LogP contribution in [0.4, 0.5) is 0 Å². The van der Waals surface area contributed by atoms with Crippen molar-refractivity contribution >= 4 is 29.1 Å². The number of carbonyl (C=O) groups excluding carboxylic acids is 1. The maximum atomic E-state index is 13.0. The first-order valence-corrected chi connectivity index (χ1v) is 10.6. The van der Waals surface area contributed by atoms with Gasteiger partial charge in [0.2, 0.25) is 5.91 Å². The van der Waals surface area contributed by atoms with Crippen molar-refractivity contribution in [3.8, 4) is 11.1 Å². The molecule has 1 aromatic heterocycles. The number of benzene rings is 1. The third-order valence-corrected chi connectivity index (χ3v) is 6.76. The van der Waals surface area contributed by atoms with E-state index >= 15 is 0 Å². The van der Waals surface area contributed by atoms with Crippen LogP contribution in [0.3, 0.4) is 0 Å². The van der Waals surface area contributed by atoms with Crippen molar-refractivity contribution < 1.29 is 4.79 Å². The molecule has 2 aliphatic rings. The van der Waals surface area contributed by atoms with Crippen LogP contribution in [0.1, 0.15) is 44.1 Å². The van der Waals surface area contributed by atoms with E-state index < -0.39 is 0 Å². The van der Waals surface area contributed by atoms with Crippen molar-refractivity contribution in [2.24, 2.45) is 5.92 Å². The number of pyridine rings is 1. The van der Waals surface area contributed by atoms with E-state index in [-0.39, 0.29) is 11.8 Å². The Morgan fingerprint density at radius 2 is 1.89 bits per heavy atom. The highest BCUT2D eigenvalue weighted by molar-refractivity contribution is 6.37. The predicted octanol–water partition coefficient (Wildman–Crippen LogP) is 5.78. The molecule has 2 heterocycles. The molecular formula is C22H24Cl2N2O. The number of hydrogen-bond donors (Lipinski definition) is 0. The molecule has 5 heteroatoms. The van der Waals surface area contributed by atoms with Gasteiger partial charge in [-0.05, 0) is 43.4 Å². The molecule has 1 saturated heterocycles. The van der Waals surface area contributed by atoms with Crippen LogP contribution < -0.4 is 0 Å². The summed E-state index contributed by atoms with van der Waals surface area (Å²) in [7, 11) is 0. The van der Waals surface area contributed by atoms with Gasteiger partial charge in [-0.15, -0.1) is 0 Å². The van der Waals surface area contributed by atoms with Gasteiger partial charge in [-0.25, -0.2) is 0 Å². The van der Waals surface area contributed by atoms with E-state index in [9.17, 15) is 4.79 Å². The Labute approximate surface area is 170 Å². The lowest BCUT2D eigenvalue weighted by molar-refractivity contribution is -0.133. The molecule has 27 heavy (non-hydrogen) atoms. The molecule has 1 atom stereocenters. The molecular weight excluding hydrogens is 379 g/mol. The van der Waals surface area contributed by atoms with Crippen molar-refractivity contribution in [2.75, 3.05) is 6.54 Å². The maximum absolute atomic E-state index is 13.0. The zero-order valence-corrected chi connectivity index (χ0v) is 16.8. The summed E-state index contributed by atoms with van der Waals surface area (Å²) in [6.07, 6.45) is 11.1. The topological polar surface area (TPSA) is 33.2 Å². The minimum Gasteiger partial charge on any atom is -0.339 e. The number of rotatable bonds is 4. The molecule has 1 amide bonds. The lowest BCUT2D eigenvalue weighted by Crippen LogP contribution is -2.39. The third kappa shape index (κ3) is 3.86. The number of likely N-dealkylation sites (tertiary alicyclic amines) is 1. The fourth-order valence-electron chi connectivity index (χ4n) is 4.48. The van der Waals surface area contributed by atoms with Gasteiger partial charge in [-0.2, -0.15) is 0 Å². The largest absolute Gasteiger partial charge is 0.339 e. The second-order valence-corrected chi connectivity index (χ2v) is 8.43. The monoisotopic (exact) mass is 402 g/mol. The molecule has 3 nitrogen and oxygen atoms in total. The molecule has 0 spiro atoms. The van der Waals surface area contributed by atoms with E-state index in [2.05, 4.69) is 9.88 Å². The Balaban J connectivity index is 1.55. The van der Waals surface area contributed by atoms with Crippen LogP contribution >= 0.6 is 23.2 Å². The number of aromatic nitrogens is 1. The quantitative estimate of drug-likeness (QED) is 0.649. The van der Waals surface area contributed by atoms with Gasteiger partial charge in [0.15, 0.2) is 0 Å². The van der Waals surface area contributed by atoms with Crippen LogP contribution in [0, 0.1) is 5.92 Å². The van der Waals surface area contributed by atoms with Gasteiger partial charge in [0.05, 0.1) is 5.02 Å². The summed E-state index contributed by atoms with van der Waals surface area (Å²) in [6.45, 7) is 0.867. The van der Waals surface area contributed by atoms with E-state index in [0.29, 0.717) is 22.5 Å². The number of halogens is 2. The second-order valence-electron chi connectivity index (χ2n) is 7.64. The van der Waals surface area contributed by atoms with Crippen molar-refractivity contribution in [1.82, 2.24) is 9.88 Å². The molecule has 0 radical (unpaired) electrons. The van der Waals surface area contributed by atoms with E-state index in [1.807, 2.05) is 24.3 Å². The summed E-state index contributed by atoms with van der Waals surface area (Å²) in [5.74, 6) is 0.256. The second kappa shape index (κ2) is 8.20. The minimum absolute atomic E-state index is 0.0222. The van der Waals surface area contributed by atoms with Crippen LogP contribution in [0.15, 0.2) is 36.7 Å². The van der Waals surface area contributed by atoms with E-state index in [1.54, 1.807) is 12.4 Å². The highest BCUT2D eigenvalue weighted by Gasteiger charge is 2.36. The fraction of sp³-hybridized carbons (Fsp3) is 0.455. The Hall–Kier alpha value is -1.58. The van der Waals surface area contributed by atoms with Gasteiger partial charge in [-0.3, -0.25) is 9.78 Å². The smallest absolute Gasteiger partial charge is 0.226 e. The molecule has 1 aromatic carbocycles. The molecule has 1 saturated carbocycles. The van der Waals surface area contributed by atoms with E-state index in [0.717, 1.165) is 42.5 Å². The zero-order valence-electron chi connectivity index (χ0n) is 15.3. The van der Waals surface area contributed by atoms with Crippen LogP contribution in [-0.4, -0.2) is 28.4 Å². The van der Waals surface area contributed by atoms with Crippen molar-refractivity contribution in [3.05, 3.63) is 52.3 Å². The average molecular weight is 403 g/mol. The Morgan fingerprint density at radius 3 is 2.63 bits per heavy atom. The third-order valence-electron chi connectivity index (χ3n) is 5.98. The Bertz CT molecular complexity index is 819. The highest BCUT2D eigenvalue weighted by atomic mass is 35.5. The molecule has 142 valence electrons. The summed E-state index contributed by atoms with van der Waals surface area (Å²) in [6, 6.07) is 8.11. The average Bonchev–Trinajstić information content (AvgIpc) is 3.07. The van der Waals surface area contributed by atoms with Gasteiger partial charge in [-0.1, -0.05) is 54.6 Å². The highest BCUT2D eigenvalue weighted by Crippen LogP contribution is 2.38. The van der Waals surface area contributed by atoms with Gasteiger partial charge in [0, 0.05) is 47.0 Å². The first-order valence-electron chi connectivity index (χ1n) is 9.83. The molecule has 1 unspecified atom stereocenters. The first kappa shape index (κ1) is 18.8. The molecule has 2 aromatic rings. The normalized spacial score (nSPS) is 21.0. The van der Waals surface area contributed by atoms with Gasteiger partial charge < -0.3 is 4.90 Å². The molecule has 0 bridgehead atoms. The summed E-state index contributed by atoms with van der Waals surface area (Å²) in [5, 5.41) is 1.27. The zero-order chi connectivity index (χ0) is 18.8. The minimum atomic E-state index is -0.0222. The first-order chi connectivity index (χ1) is 13.1. The molecule has 2 fully saturated rings. The predicted molar refractivity (Wildman–Crippen MR) is 110 cm³/mol. The standard InChI is InChI=1S/C22H24Cl2N2O/c23-20-9-8-18(16-5-4-11-25-14-16)21(24)19(20)13-15-10-12-26(22(15)27)17-6-2-1-3-7-17/h4-5,8-9,11,14-15,17H,1-3,6-7,10,12-13H2. The SMILES string of the molecule is O=C1C(Cc2c(Cl)ccc(-c3cccnc3)c2Cl)CCN1C1CCCCC1. The molecule has 0 N–H and O–H groups in total. The number of carbonyl (C=O) groups is 1. The molecule has 1 aliphatic heterocycles. The number of hydrogen-bond acceptors (Lipinski definition) is 2. The Kier molecular flexibility index (Phi) is 5.70. The van der Waals surface area contributed by atoms with Gasteiger partial charge >= 0.3 is 0 Å². The summed E-state index contributed by atoms with van der Waals surface area (Å²) in [4.78, 5) is 19.3. The van der Waals surface area contributed by atoms with E-state index in [4.69, 9.17) is 23.2 Å². The fourth-order valence-corrected chi connectivity index (χ4v) is 5.12. The number of amides is 1. The lowest BCUT2D eigenvalue weighted by atomic mass is 9.93. The van der Waals surface area contributed by atoms with E-state index in [1.165, 1.54) is 19.3 Å². The summed E-state index contributed by atoms with van der Waals surface area (Å²) >= 11 is 13.2. The van der Waals surface area contributed by atoms with Gasteiger partial charge in [0.1, 0.15) is 0 Å². The van der Waals surface area contributed by atoms with Crippen molar-refractivity contribution in [2.45, 2.75) is 51.0 Å². The maximum Gasteiger partial charge on any atom is 0.226 e. The molecule has 4 rings (SSSR count). The summed E-state index contributed by atoms with van der Waals surface area (Å²) < 4.78 is 0. The van der Waals surface area contributed by atoms with Crippen molar-refractivity contribution in [1.29, 1.82) is 0 Å².